The maximum absolute atomic E-state index is 8.58. The summed E-state index contributed by atoms with van der Waals surface area (Å²) in [6.07, 6.45) is 1.33. The molecule has 1 aromatic rings. The Labute approximate surface area is 99.5 Å². The maximum Gasteiger partial charge on any atom is 0.145 e. The van der Waals surface area contributed by atoms with E-state index in [1.54, 1.807) is 44.6 Å². The van der Waals surface area contributed by atoms with Crippen LogP contribution in [0.3, 0.4) is 0 Å². The second-order valence-corrected chi connectivity index (χ2v) is 3.03. The molecule has 1 aromatic carbocycles. The number of methoxy groups -OCH3 is 2. The lowest BCUT2D eigenvalue weighted by atomic mass is 10.2. The van der Waals surface area contributed by atoms with E-state index < -0.39 is 0 Å². The minimum Gasteiger partial charge on any atom is -0.497 e. The van der Waals surface area contributed by atoms with Gasteiger partial charge >= 0.3 is 0 Å². The number of hydrogen-bond acceptors (Lipinski definition) is 5. The van der Waals surface area contributed by atoms with Crippen LogP contribution in [0, 0.1) is 22.7 Å². The summed E-state index contributed by atoms with van der Waals surface area (Å²) < 4.78 is 10.2. The Morgan fingerprint density at radius 2 is 1.65 bits per heavy atom. The zero-order chi connectivity index (χ0) is 12.7. The Balaban J connectivity index is 2.96. The highest BCUT2D eigenvalue weighted by Crippen LogP contribution is 2.25. The zero-order valence-electron chi connectivity index (χ0n) is 9.52. The summed E-state index contributed by atoms with van der Waals surface area (Å²) in [5.74, 6) is 1.24. The van der Waals surface area contributed by atoms with Crippen LogP contribution in [0.2, 0.25) is 0 Å². The van der Waals surface area contributed by atoms with Crippen molar-refractivity contribution in [1.82, 2.24) is 0 Å². The fourth-order valence-corrected chi connectivity index (χ4v) is 1.14. The average Bonchev–Trinajstić information content (AvgIpc) is 2.39. The summed E-state index contributed by atoms with van der Waals surface area (Å²) >= 11 is 0. The van der Waals surface area contributed by atoms with E-state index in [-0.39, 0.29) is 5.57 Å². The number of nitriles is 2. The van der Waals surface area contributed by atoms with Crippen molar-refractivity contribution in [1.29, 1.82) is 10.5 Å². The monoisotopic (exact) mass is 229 g/mol. The van der Waals surface area contributed by atoms with E-state index in [0.717, 1.165) is 0 Å². The van der Waals surface area contributed by atoms with Crippen molar-refractivity contribution in [2.75, 3.05) is 19.5 Å². The molecule has 86 valence electrons. The van der Waals surface area contributed by atoms with E-state index in [1.807, 2.05) is 0 Å². The molecule has 0 bridgehead atoms. The first-order valence-electron chi connectivity index (χ1n) is 4.73. The Bertz CT molecular complexity index is 471. The number of rotatable bonds is 4. The third-order valence-corrected chi connectivity index (χ3v) is 1.98. The zero-order valence-corrected chi connectivity index (χ0v) is 9.52. The van der Waals surface area contributed by atoms with E-state index in [9.17, 15) is 0 Å². The van der Waals surface area contributed by atoms with Gasteiger partial charge in [-0.1, -0.05) is 0 Å². The summed E-state index contributed by atoms with van der Waals surface area (Å²) in [7, 11) is 3.09. The second kappa shape index (κ2) is 6.04. The van der Waals surface area contributed by atoms with Crippen LogP contribution in [-0.4, -0.2) is 14.2 Å². The quantitative estimate of drug-likeness (QED) is 0.799. The van der Waals surface area contributed by atoms with Crippen molar-refractivity contribution < 1.29 is 9.47 Å². The third-order valence-electron chi connectivity index (χ3n) is 1.98. The number of anilines is 1. The Kier molecular flexibility index (Phi) is 4.41. The third kappa shape index (κ3) is 3.44. The van der Waals surface area contributed by atoms with Crippen molar-refractivity contribution in [3.63, 3.8) is 0 Å². The van der Waals surface area contributed by atoms with Crippen LogP contribution in [0.25, 0.3) is 0 Å². The van der Waals surface area contributed by atoms with Gasteiger partial charge in [-0.05, 0) is 0 Å². The normalized spacial score (nSPS) is 8.47. The molecule has 0 amide bonds. The van der Waals surface area contributed by atoms with Crippen LogP contribution in [-0.2, 0) is 0 Å². The number of ether oxygens (including phenoxy) is 2. The first-order chi connectivity index (χ1) is 8.23. The molecule has 0 radical (unpaired) electrons. The second-order valence-electron chi connectivity index (χ2n) is 3.03. The molecule has 0 aliphatic rings. The van der Waals surface area contributed by atoms with Gasteiger partial charge in [0.05, 0.1) is 14.2 Å². The van der Waals surface area contributed by atoms with Crippen LogP contribution in [0.5, 0.6) is 11.5 Å². The first-order valence-corrected chi connectivity index (χ1v) is 4.73. The van der Waals surface area contributed by atoms with Crippen molar-refractivity contribution in [3.8, 4) is 23.6 Å². The summed E-state index contributed by atoms with van der Waals surface area (Å²) in [6.45, 7) is 0. The molecule has 1 N–H and O–H groups in total. The highest BCUT2D eigenvalue weighted by Gasteiger charge is 2.01. The molecule has 0 aliphatic carbocycles. The van der Waals surface area contributed by atoms with Crippen LogP contribution in [0.4, 0.5) is 5.69 Å². The Morgan fingerprint density at radius 3 is 2.06 bits per heavy atom. The van der Waals surface area contributed by atoms with E-state index in [0.29, 0.717) is 17.2 Å². The number of hydrogen-bond donors (Lipinski definition) is 1. The molecule has 0 heterocycles. The van der Waals surface area contributed by atoms with E-state index >= 15 is 0 Å². The maximum atomic E-state index is 8.58. The summed E-state index contributed by atoms with van der Waals surface area (Å²) in [4.78, 5) is 0. The molecule has 0 atom stereocenters. The van der Waals surface area contributed by atoms with Crippen LogP contribution < -0.4 is 14.8 Å². The van der Waals surface area contributed by atoms with Crippen molar-refractivity contribution in [2.24, 2.45) is 0 Å². The number of benzene rings is 1. The minimum absolute atomic E-state index is 0.00760. The molecule has 5 nitrogen and oxygen atoms in total. The van der Waals surface area contributed by atoms with Gasteiger partial charge in [0, 0.05) is 30.1 Å². The SMILES string of the molecule is COc1cc(NC=C(C#N)C#N)cc(OC)c1. The van der Waals surface area contributed by atoms with Crippen LogP contribution >= 0.6 is 0 Å². The molecule has 5 heteroatoms. The lowest BCUT2D eigenvalue weighted by molar-refractivity contribution is 0.395. The van der Waals surface area contributed by atoms with Gasteiger partial charge in [-0.15, -0.1) is 0 Å². The molecule has 0 saturated carbocycles. The van der Waals surface area contributed by atoms with Crippen LogP contribution in [0.15, 0.2) is 30.0 Å². The van der Waals surface area contributed by atoms with Gasteiger partial charge in [-0.2, -0.15) is 10.5 Å². The van der Waals surface area contributed by atoms with Crippen molar-refractivity contribution in [3.05, 3.63) is 30.0 Å². The largest absolute Gasteiger partial charge is 0.497 e. The summed E-state index contributed by atoms with van der Waals surface area (Å²) in [5.41, 5.74) is 0.663. The molecule has 0 aliphatic heterocycles. The lowest BCUT2D eigenvalue weighted by Crippen LogP contribution is -1.93. The fourth-order valence-electron chi connectivity index (χ4n) is 1.14. The van der Waals surface area contributed by atoms with Gasteiger partial charge in [-0.25, -0.2) is 0 Å². The molecule has 17 heavy (non-hydrogen) atoms. The predicted molar refractivity (Wildman–Crippen MR) is 62.5 cm³/mol. The average molecular weight is 229 g/mol. The molecular formula is C12H11N3O2. The molecule has 0 fully saturated rings. The lowest BCUT2D eigenvalue weighted by Gasteiger charge is -2.07. The van der Waals surface area contributed by atoms with Crippen molar-refractivity contribution in [2.45, 2.75) is 0 Å². The summed E-state index contributed by atoms with van der Waals surface area (Å²) in [6, 6.07) is 8.69. The number of allylic oxidation sites excluding steroid dienone is 1. The molecule has 0 unspecified atom stereocenters. The standard InChI is InChI=1S/C12H11N3O2/c1-16-11-3-10(4-12(5-11)17-2)15-8-9(6-13)7-14/h3-5,8,15H,1-2H3. The topological polar surface area (TPSA) is 78.1 Å². The smallest absolute Gasteiger partial charge is 0.145 e. The van der Waals surface area contributed by atoms with E-state index in [4.69, 9.17) is 20.0 Å². The Morgan fingerprint density at radius 1 is 1.12 bits per heavy atom. The van der Waals surface area contributed by atoms with E-state index in [2.05, 4.69) is 5.32 Å². The highest BCUT2D eigenvalue weighted by atomic mass is 16.5. The fraction of sp³-hybridized carbons (Fsp3) is 0.167. The predicted octanol–water partition coefficient (Wildman–Crippen LogP) is 2.05. The van der Waals surface area contributed by atoms with Gasteiger partial charge in [0.2, 0.25) is 0 Å². The molecule has 1 rings (SSSR count). The molecule has 0 saturated heterocycles. The highest BCUT2D eigenvalue weighted by molar-refractivity contribution is 5.56. The van der Waals surface area contributed by atoms with Gasteiger partial charge in [-0.3, -0.25) is 0 Å². The number of nitrogens with one attached hydrogen (secondary N) is 1. The summed E-state index contributed by atoms with van der Waals surface area (Å²) in [5, 5.41) is 20.0. The van der Waals surface area contributed by atoms with Gasteiger partial charge < -0.3 is 14.8 Å². The van der Waals surface area contributed by atoms with Crippen LogP contribution in [0.1, 0.15) is 0 Å². The molecule has 0 aromatic heterocycles. The van der Waals surface area contributed by atoms with E-state index in [1.165, 1.54) is 6.20 Å². The molecular weight excluding hydrogens is 218 g/mol. The van der Waals surface area contributed by atoms with Gasteiger partial charge in [0.1, 0.15) is 29.2 Å². The first kappa shape index (κ1) is 12.4. The molecule has 0 spiro atoms. The Hall–Kier alpha value is -2.66. The number of nitrogens with zero attached hydrogens (tertiary/aromatic N) is 2. The van der Waals surface area contributed by atoms with Gasteiger partial charge in [0.25, 0.3) is 0 Å². The van der Waals surface area contributed by atoms with Crippen molar-refractivity contribution >= 4 is 5.69 Å². The van der Waals surface area contributed by atoms with Gasteiger partial charge in [0.15, 0.2) is 0 Å². The minimum atomic E-state index is -0.00760.